The van der Waals surface area contributed by atoms with E-state index in [1.54, 1.807) is 18.0 Å². The Bertz CT molecular complexity index is 1030. The summed E-state index contributed by atoms with van der Waals surface area (Å²) in [4.78, 5) is 19.9. The largest absolute Gasteiger partial charge is 0.364 e. The van der Waals surface area contributed by atoms with Crippen molar-refractivity contribution in [2.75, 3.05) is 7.05 Å². The van der Waals surface area contributed by atoms with Crippen LogP contribution >= 0.6 is 11.3 Å². The van der Waals surface area contributed by atoms with Crippen molar-refractivity contribution in [1.82, 2.24) is 19.4 Å². The maximum atomic E-state index is 12.8. The molecule has 4 rings (SSSR count). The first-order valence-electron chi connectivity index (χ1n) is 8.36. The zero-order valence-corrected chi connectivity index (χ0v) is 15.4. The zero-order chi connectivity index (χ0) is 18.1. The Hall–Kier alpha value is -2.93. The number of aryl methyl sites for hydroxylation is 1. The highest BCUT2D eigenvalue weighted by Gasteiger charge is 2.19. The molecule has 0 radical (unpaired) electrons. The number of imidazole rings is 1. The summed E-state index contributed by atoms with van der Waals surface area (Å²) in [6.45, 7) is 2.53. The van der Waals surface area contributed by atoms with Crippen molar-refractivity contribution < 1.29 is 9.32 Å². The first-order valence-corrected chi connectivity index (χ1v) is 9.24. The van der Waals surface area contributed by atoms with Crippen LogP contribution in [0.1, 0.15) is 28.7 Å². The molecule has 0 saturated heterocycles. The number of rotatable bonds is 5. The number of carbonyl (C=O) groups is 1. The van der Waals surface area contributed by atoms with Crippen LogP contribution < -0.4 is 0 Å². The van der Waals surface area contributed by atoms with Gasteiger partial charge in [0, 0.05) is 30.3 Å². The normalized spacial score (nSPS) is 11.2. The fraction of sp³-hybridized carbons (Fsp3) is 0.211. The van der Waals surface area contributed by atoms with Gasteiger partial charge in [-0.15, -0.1) is 11.3 Å². The monoisotopic (exact) mass is 366 g/mol. The Morgan fingerprint density at radius 3 is 2.77 bits per heavy atom. The second-order valence-corrected chi connectivity index (χ2v) is 6.94. The molecule has 0 aliphatic carbocycles. The molecule has 4 aromatic rings. The maximum Gasteiger partial charge on any atom is 0.271 e. The fourth-order valence-corrected chi connectivity index (χ4v) is 3.66. The Morgan fingerprint density at radius 1 is 1.27 bits per heavy atom. The van der Waals surface area contributed by atoms with E-state index >= 15 is 0 Å². The van der Waals surface area contributed by atoms with Crippen LogP contribution in [0.5, 0.6) is 0 Å². The van der Waals surface area contributed by atoms with Crippen LogP contribution in [0.25, 0.3) is 16.2 Å². The van der Waals surface area contributed by atoms with Crippen molar-refractivity contribution in [2.24, 2.45) is 0 Å². The van der Waals surface area contributed by atoms with E-state index in [4.69, 9.17) is 4.52 Å². The molecular weight excluding hydrogens is 348 g/mol. The Kier molecular flexibility index (Phi) is 4.30. The standard InChI is InChI=1S/C19H18N4O2S/c1-3-13-4-6-14(7-5-13)16-11-23-17(12-26-19(23)20-16)18(24)22(2)10-15-8-9-25-21-15/h4-9,11-12H,3,10H2,1-2H3. The molecule has 3 aromatic heterocycles. The van der Waals surface area contributed by atoms with Crippen molar-refractivity contribution in [3.63, 3.8) is 0 Å². The lowest BCUT2D eigenvalue weighted by atomic mass is 10.1. The Balaban J connectivity index is 1.61. The van der Waals surface area contributed by atoms with Gasteiger partial charge in [-0.25, -0.2) is 4.98 Å². The number of carbonyl (C=O) groups excluding carboxylic acids is 1. The van der Waals surface area contributed by atoms with E-state index in [1.165, 1.54) is 23.2 Å². The molecule has 0 spiro atoms. The van der Waals surface area contributed by atoms with Crippen molar-refractivity contribution in [3.8, 4) is 11.3 Å². The molecule has 0 atom stereocenters. The molecular formula is C19H18N4O2S. The van der Waals surface area contributed by atoms with E-state index in [-0.39, 0.29) is 5.91 Å². The van der Waals surface area contributed by atoms with E-state index in [2.05, 4.69) is 41.3 Å². The third-order valence-corrected chi connectivity index (χ3v) is 5.16. The lowest BCUT2D eigenvalue weighted by Crippen LogP contribution is -2.27. The average molecular weight is 366 g/mol. The van der Waals surface area contributed by atoms with E-state index < -0.39 is 0 Å². The molecule has 6 nitrogen and oxygen atoms in total. The minimum atomic E-state index is -0.0791. The first-order chi connectivity index (χ1) is 12.7. The SMILES string of the molecule is CCc1ccc(-c2cn3c(C(=O)N(C)Cc4ccon4)csc3n2)cc1. The Labute approximate surface area is 154 Å². The van der Waals surface area contributed by atoms with Crippen LogP contribution in [-0.2, 0) is 13.0 Å². The van der Waals surface area contributed by atoms with Crippen molar-refractivity contribution >= 4 is 22.2 Å². The molecule has 0 aliphatic rings. The number of thiazole rings is 1. The van der Waals surface area contributed by atoms with Crippen molar-refractivity contribution in [1.29, 1.82) is 0 Å². The molecule has 1 amide bonds. The highest BCUT2D eigenvalue weighted by molar-refractivity contribution is 7.15. The van der Waals surface area contributed by atoms with Gasteiger partial charge in [0.05, 0.1) is 12.2 Å². The topological polar surface area (TPSA) is 63.6 Å². The van der Waals surface area contributed by atoms with Gasteiger partial charge in [0.25, 0.3) is 5.91 Å². The van der Waals surface area contributed by atoms with E-state index in [1.807, 2.05) is 16.0 Å². The third-order valence-electron chi connectivity index (χ3n) is 4.32. The van der Waals surface area contributed by atoms with Gasteiger partial charge in [-0.2, -0.15) is 0 Å². The van der Waals surface area contributed by atoms with Crippen molar-refractivity contribution in [3.05, 3.63) is 65.1 Å². The first kappa shape index (κ1) is 16.5. The van der Waals surface area contributed by atoms with Gasteiger partial charge in [0.2, 0.25) is 0 Å². The van der Waals surface area contributed by atoms with E-state index in [9.17, 15) is 4.79 Å². The van der Waals surface area contributed by atoms with Gasteiger partial charge in [-0.05, 0) is 12.0 Å². The molecule has 3 heterocycles. The molecule has 132 valence electrons. The summed E-state index contributed by atoms with van der Waals surface area (Å²) in [5, 5.41) is 5.70. The number of fused-ring (bicyclic) bond motifs is 1. The highest BCUT2D eigenvalue weighted by atomic mass is 32.1. The molecule has 7 heteroatoms. The number of aromatic nitrogens is 3. The van der Waals surface area contributed by atoms with Crippen LogP contribution in [0.4, 0.5) is 0 Å². The second-order valence-electron chi connectivity index (χ2n) is 6.10. The van der Waals surface area contributed by atoms with Gasteiger partial charge >= 0.3 is 0 Å². The smallest absolute Gasteiger partial charge is 0.271 e. The minimum absolute atomic E-state index is 0.0791. The lowest BCUT2D eigenvalue weighted by Gasteiger charge is -2.14. The summed E-state index contributed by atoms with van der Waals surface area (Å²) in [6, 6.07) is 10.1. The molecule has 0 saturated carbocycles. The third kappa shape index (κ3) is 3.01. The average Bonchev–Trinajstić information content (AvgIpc) is 3.38. The van der Waals surface area contributed by atoms with Crippen LogP contribution in [-0.4, -0.2) is 32.4 Å². The summed E-state index contributed by atoms with van der Waals surface area (Å²) in [5.74, 6) is -0.0791. The Morgan fingerprint density at radius 2 is 2.08 bits per heavy atom. The number of amides is 1. The second kappa shape index (κ2) is 6.76. The number of hydrogen-bond donors (Lipinski definition) is 0. The summed E-state index contributed by atoms with van der Waals surface area (Å²) in [7, 11) is 1.75. The molecule has 0 N–H and O–H groups in total. The lowest BCUT2D eigenvalue weighted by molar-refractivity contribution is 0.0775. The maximum absolute atomic E-state index is 12.8. The zero-order valence-electron chi connectivity index (χ0n) is 14.5. The minimum Gasteiger partial charge on any atom is -0.364 e. The van der Waals surface area contributed by atoms with Crippen LogP contribution in [0.3, 0.4) is 0 Å². The van der Waals surface area contributed by atoms with Crippen molar-refractivity contribution in [2.45, 2.75) is 19.9 Å². The van der Waals surface area contributed by atoms with Gasteiger partial charge < -0.3 is 9.42 Å². The van der Waals surface area contributed by atoms with Gasteiger partial charge in [0.15, 0.2) is 4.96 Å². The molecule has 0 fully saturated rings. The number of hydrogen-bond acceptors (Lipinski definition) is 5. The number of benzene rings is 1. The molecule has 26 heavy (non-hydrogen) atoms. The predicted octanol–water partition coefficient (Wildman–Crippen LogP) is 3.89. The quantitative estimate of drug-likeness (QED) is 0.538. The van der Waals surface area contributed by atoms with Gasteiger partial charge in [-0.3, -0.25) is 9.20 Å². The van der Waals surface area contributed by atoms with E-state index in [0.29, 0.717) is 12.2 Å². The number of nitrogens with zero attached hydrogens (tertiary/aromatic N) is 4. The summed E-state index contributed by atoms with van der Waals surface area (Å²) in [6.07, 6.45) is 4.43. The summed E-state index contributed by atoms with van der Waals surface area (Å²) < 4.78 is 6.68. The van der Waals surface area contributed by atoms with E-state index in [0.717, 1.165) is 28.3 Å². The fourth-order valence-electron chi connectivity index (χ4n) is 2.82. The van der Waals surface area contributed by atoms with Gasteiger partial charge in [0.1, 0.15) is 17.7 Å². The summed E-state index contributed by atoms with van der Waals surface area (Å²) >= 11 is 1.46. The molecule has 1 aromatic carbocycles. The van der Waals surface area contributed by atoms with Gasteiger partial charge in [-0.1, -0.05) is 36.3 Å². The predicted molar refractivity (Wildman–Crippen MR) is 100 cm³/mol. The summed E-state index contributed by atoms with van der Waals surface area (Å²) in [5.41, 5.74) is 4.52. The molecule has 0 aliphatic heterocycles. The highest BCUT2D eigenvalue weighted by Crippen LogP contribution is 2.25. The van der Waals surface area contributed by atoms with Crippen LogP contribution in [0.15, 0.2) is 52.7 Å². The molecule has 0 bridgehead atoms. The van der Waals surface area contributed by atoms with Crippen LogP contribution in [0, 0.1) is 0 Å². The molecule has 0 unspecified atom stereocenters. The van der Waals surface area contributed by atoms with Crippen LogP contribution in [0.2, 0.25) is 0 Å².